The summed E-state index contributed by atoms with van der Waals surface area (Å²) in [6.07, 6.45) is 2.45. The van der Waals surface area contributed by atoms with E-state index in [4.69, 9.17) is 4.74 Å². The van der Waals surface area contributed by atoms with E-state index in [1.807, 2.05) is 44.4 Å². The summed E-state index contributed by atoms with van der Waals surface area (Å²) in [7, 11) is 0. The van der Waals surface area contributed by atoms with Crippen molar-refractivity contribution in [3.63, 3.8) is 0 Å². The maximum atomic E-state index is 12.3. The smallest absolute Gasteiger partial charge is 0.293 e. The molecule has 0 aliphatic heterocycles. The van der Waals surface area contributed by atoms with Gasteiger partial charge in [0, 0.05) is 28.6 Å². The fraction of sp³-hybridized carbons (Fsp3) is 0.250. The van der Waals surface area contributed by atoms with E-state index in [-0.39, 0.29) is 16.5 Å². The van der Waals surface area contributed by atoms with E-state index in [0.717, 1.165) is 28.9 Å². The lowest BCUT2D eigenvalue weighted by atomic mass is 10.2. The monoisotopic (exact) mass is 434 g/mol. The van der Waals surface area contributed by atoms with Gasteiger partial charge in [0.05, 0.1) is 17.7 Å². The van der Waals surface area contributed by atoms with Crippen LogP contribution in [-0.4, -0.2) is 28.2 Å². The molecule has 32 heavy (non-hydrogen) atoms. The van der Waals surface area contributed by atoms with Crippen molar-refractivity contribution in [2.75, 3.05) is 6.61 Å². The van der Waals surface area contributed by atoms with Crippen molar-refractivity contribution in [2.24, 2.45) is 5.10 Å². The van der Waals surface area contributed by atoms with Gasteiger partial charge in [-0.05, 0) is 69.2 Å². The number of nitrogens with one attached hydrogen (secondary N) is 1. The summed E-state index contributed by atoms with van der Waals surface area (Å²) in [6, 6.07) is 13.9. The SMILES string of the molecule is CCCOc1ccc(C(=O)N/N=C\c2cc(C)n(-c3ccc(C)cc3[N+](=O)[O-])c2C)cc1. The van der Waals surface area contributed by atoms with Gasteiger partial charge in [0.25, 0.3) is 11.6 Å². The second-order valence-corrected chi connectivity index (χ2v) is 7.48. The van der Waals surface area contributed by atoms with E-state index in [1.165, 1.54) is 6.21 Å². The van der Waals surface area contributed by atoms with Crippen molar-refractivity contribution in [3.8, 4) is 11.4 Å². The average Bonchev–Trinajstić information content (AvgIpc) is 3.05. The van der Waals surface area contributed by atoms with Crippen LogP contribution in [0.25, 0.3) is 5.69 Å². The van der Waals surface area contributed by atoms with Crippen molar-refractivity contribution >= 4 is 17.8 Å². The highest BCUT2D eigenvalue weighted by molar-refractivity contribution is 5.95. The number of hydrogen-bond donors (Lipinski definition) is 1. The molecule has 3 aromatic rings. The molecule has 0 unspecified atom stereocenters. The number of nitro benzene ring substituents is 1. The van der Waals surface area contributed by atoms with E-state index >= 15 is 0 Å². The van der Waals surface area contributed by atoms with Gasteiger partial charge in [-0.25, -0.2) is 5.43 Å². The lowest BCUT2D eigenvalue weighted by Gasteiger charge is -2.10. The molecule has 1 amide bonds. The van der Waals surface area contributed by atoms with E-state index in [2.05, 4.69) is 10.5 Å². The summed E-state index contributed by atoms with van der Waals surface area (Å²) in [5, 5.41) is 15.6. The molecule has 0 spiro atoms. The number of aromatic nitrogens is 1. The normalized spacial score (nSPS) is 11.0. The molecule has 0 bridgehead atoms. The van der Waals surface area contributed by atoms with Crippen molar-refractivity contribution in [1.82, 2.24) is 9.99 Å². The fourth-order valence-corrected chi connectivity index (χ4v) is 3.41. The van der Waals surface area contributed by atoms with Crippen molar-refractivity contribution in [2.45, 2.75) is 34.1 Å². The van der Waals surface area contributed by atoms with Crippen LogP contribution < -0.4 is 10.2 Å². The highest BCUT2D eigenvalue weighted by Crippen LogP contribution is 2.28. The number of hydrazone groups is 1. The predicted octanol–water partition coefficient (Wildman–Crippen LogP) is 4.86. The number of hydrogen-bond acceptors (Lipinski definition) is 5. The molecule has 0 saturated carbocycles. The lowest BCUT2D eigenvalue weighted by Crippen LogP contribution is -2.17. The zero-order valence-electron chi connectivity index (χ0n) is 18.6. The molecular formula is C24H26N4O4. The lowest BCUT2D eigenvalue weighted by molar-refractivity contribution is -0.384. The first-order valence-electron chi connectivity index (χ1n) is 10.3. The van der Waals surface area contributed by atoms with E-state index < -0.39 is 0 Å². The number of nitro groups is 1. The Morgan fingerprint density at radius 2 is 1.88 bits per heavy atom. The Bertz CT molecular complexity index is 1160. The van der Waals surface area contributed by atoms with Crippen LogP contribution in [0.5, 0.6) is 5.75 Å². The Morgan fingerprint density at radius 1 is 1.16 bits per heavy atom. The molecule has 1 aromatic heterocycles. The number of carbonyl (C=O) groups excluding carboxylic acids is 1. The molecule has 0 fully saturated rings. The van der Waals surface area contributed by atoms with Gasteiger partial charge < -0.3 is 9.30 Å². The molecule has 2 aromatic carbocycles. The topological polar surface area (TPSA) is 98.8 Å². The quantitative estimate of drug-likeness (QED) is 0.311. The largest absolute Gasteiger partial charge is 0.494 e. The molecule has 0 radical (unpaired) electrons. The summed E-state index contributed by atoms with van der Waals surface area (Å²) in [5.74, 6) is 0.371. The van der Waals surface area contributed by atoms with Crippen LogP contribution in [0.3, 0.4) is 0 Å². The summed E-state index contributed by atoms with van der Waals surface area (Å²) in [6.45, 7) is 8.20. The highest BCUT2D eigenvalue weighted by Gasteiger charge is 2.19. The van der Waals surface area contributed by atoms with Gasteiger partial charge in [-0.1, -0.05) is 13.0 Å². The third kappa shape index (κ3) is 5.03. The highest BCUT2D eigenvalue weighted by atomic mass is 16.6. The van der Waals surface area contributed by atoms with Crippen LogP contribution >= 0.6 is 0 Å². The number of ether oxygens (including phenoxy) is 1. The van der Waals surface area contributed by atoms with Gasteiger partial charge >= 0.3 is 0 Å². The van der Waals surface area contributed by atoms with Gasteiger partial charge in [-0.3, -0.25) is 14.9 Å². The number of benzene rings is 2. The van der Waals surface area contributed by atoms with Crippen LogP contribution in [-0.2, 0) is 0 Å². The number of rotatable bonds is 8. The summed E-state index contributed by atoms with van der Waals surface area (Å²) in [5.41, 5.74) is 6.68. The second kappa shape index (κ2) is 9.91. The third-order valence-corrected chi connectivity index (χ3v) is 5.00. The summed E-state index contributed by atoms with van der Waals surface area (Å²) in [4.78, 5) is 23.5. The predicted molar refractivity (Wildman–Crippen MR) is 124 cm³/mol. The number of aryl methyl sites for hydroxylation is 2. The molecule has 1 heterocycles. The number of nitrogens with zero attached hydrogens (tertiary/aromatic N) is 3. The molecule has 0 aliphatic rings. The maximum Gasteiger partial charge on any atom is 0.293 e. The second-order valence-electron chi connectivity index (χ2n) is 7.48. The Kier molecular flexibility index (Phi) is 7.04. The molecule has 8 heteroatoms. The molecule has 3 rings (SSSR count). The van der Waals surface area contributed by atoms with Gasteiger partial charge in [0.2, 0.25) is 0 Å². The number of amides is 1. The van der Waals surface area contributed by atoms with E-state index in [0.29, 0.717) is 23.6 Å². The zero-order chi connectivity index (χ0) is 23.3. The first-order chi connectivity index (χ1) is 15.3. The first-order valence-corrected chi connectivity index (χ1v) is 10.3. The Balaban J connectivity index is 1.77. The number of carbonyl (C=O) groups is 1. The zero-order valence-corrected chi connectivity index (χ0v) is 18.6. The average molecular weight is 434 g/mol. The Hall–Kier alpha value is -3.94. The van der Waals surface area contributed by atoms with Crippen molar-refractivity contribution in [3.05, 3.63) is 86.7 Å². The first kappa shape index (κ1) is 22.7. The molecular weight excluding hydrogens is 408 g/mol. The molecule has 1 N–H and O–H groups in total. The van der Waals surface area contributed by atoms with Crippen LogP contribution in [0.4, 0.5) is 5.69 Å². The Morgan fingerprint density at radius 3 is 2.53 bits per heavy atom. The minimum absolute atomic E-state index is 0.0370. The van der Waals surface area contributed by atoms with Crippen LogP contribution in [0.1, 0.15) is 46.2 Å². The van der Waals surface area contributed by atoms with Gasteiger partial charge in [0.1, 0.15) is 11.4 Å². The van der Waals surface area contributed by atoms with Crippen molar-refractivity contribution < 1.29 is 14.5 Å². The van der Waals surface area contributed by atoms with Crippen molar-refractivity contribution in [1.29, 1.82) is 0 Å². The summed E-state index contributed by atoms with van der Waals surface area (Å²) < 4.78 is 7.33. The third-order valence-electron chi connectivity index (χ3n) is 5.00. The molecule has 0 saturated heterocycles. The van der Waals surface area contributed by atoms with Gasteiger partial charge in [0.15, 0.2) is 0 Å². The maximum absolute atomic E-state index is 12.3. The minimum atomic E-state index is -0.381. The molecule has 0 atom stereocenters. The summed E-state index contributed by atoms with van der Waals surface area (Å²) >= 11 is 0. The molecule has 8 nitrogen and oxygen atoms in total. The fourth-order valence-electron chi connectivity index (χ4n) is 3.41. The van der Waals surface area contributed by atoms with Crippen LogP contribution in [0.2, 0.25) is 0 Å². The van der Waals surface area contributed by atoms with Crippen LogP contribution in [0, 0.1) is 30.9 Å². The molecule has 0 aliphatic carbocycles. The van der Waals surface area contributed by atoms with E-state index in [1.54, 1.807) is 36.4 Å². The Labute approximate surface area is 186 Å². The van der Waals surface area contributed by atoms with Gasteiger partial charge in [-0.2, -0.15) is 5.10 Å². The van der Waals surface area contributed by atoms with Gasteiger partial charge in [-0.15, -0.1) is 0 Å². The standard InChI is InChI=1S/C24H26N4O4/c1-5-12-32-21-9-7-19(8-10-21)24(29)26-25-15-20-14-17(3)27(18(20)4)22-11-6-16(2)13-23(22)28(30)31/h6-11,13-15H,5,12H2,1-4H3,(H,26,29)/b25-15-. The van der Waals surface area contributed by atoms with E-state index in [9.17, 15) is 14.9 Å². The minimum Gasteiger partial charge on any atom is -0.494 e. The molecule has 166 valence electrons. The van der Waals surface area contributed by atoms with Crippen LogP contribution in [0.15, 0.2) is 53.6 Å².